The van der Waals surface area contributed by atoms with Gasteiger partial charge in [-0.25, -0.2) is 4.79 Å². The highest BCUT2D eigenvalue weighted by Crippen LogP contribution is 2.05. The number of carbonyl (C=O) groups is 2. The molecule has 0 aliphatic rings. The Kier molecular flexibility index (Phi) is 33.6. The van der Waals surface area contributed by atoms with E-state index < -0.39 is 5.97 Å². The number of aliphatic carboxylic acids is 1. The number of carboxylic acids is 1. The number of unbranched alkanes of at least 4 members (excludes halogenated alkanes) is 4. The van der Waals surface area contributed by atoms with Crippen molar-refractivity contribution in [2.75, 3.05) is 126 Å². The van der Waals surface area contributed by atoms with Crippen molar-refractivity contribution in [3.63, 3.8) is 0 Å². The fourth-order valence-electron chi connectivity index (χ4n) is 3.08. The van der Waals surface area contributed by atoms with E-state index in [-0.39, 0.29) is 25.8 Å². The summed E-state index contributed by atoms with van der Waals surface area (Å²) in [4.78, 5) is 21.8. The molecule has 1 N–H and O–H groups in total. The maximum Gasteiger partial charge on any atom is 0.329 e. The van der Waals surface area contributed by atoms with Gasteiger partial charge in [0.25, 0.3) is 0 Å². The molecule has 0 spiro atoms. The van der Waals surface area contributed by atoms with Crippen LogP contribution in [-0.2, 0) is 57.0 Å². The van der Waals surface area contributed by atoms with E-state index in [1.54, 1.807) is 0 Å². The van der Waals surface area contributed by atoms with Crippen molar-refractivity contribution in [3.8, 4) is 0 Å². The Morgan fingerprint density at radius 3 is 1.10 bits per heavy atom. The van der Waals surface area contributed by atoms with Crippen LogP contribution >= 0.6 is 0 Å². The highest BCUT2D eigenvalue weighted by Gasteiger charge is 2.02. The van der Waals surface area contributed by atoms with Crippen LogP contribution in [0.25, 0.3) is 0 Å². The fourth-order valence-corrected chi connectivity index (χ4v) is 3.08. The third-order valence-corrected chi connectivity index (χ3v) is 5.18. The van der Waals surface area contributed by atoms with Crippen LogP contribution in [0.1, 0.15) is 45.4 Å². The molecule has 0 aromatic carbocycles. The van der Waals surface area contributed by atoms with Crippen molar-refractivity contribution in [3.05, 3.63) is 0 Å². The minimum atomic E-state index is -0.997. The molecule has 0 fully saturated rings. The van der Waals surface area contributed by atoms with Crippen LogP contribution in [0.3, 0.4) is 0 Å². The molecule has 0 aromatic heterocycles. The minimum absolute atomic E-state index is 0.153. The van der Waals surface area contributed by atoms with Gasteiger partial charge in [0.15, 0.2) is 0 Å². The molecule has 0 amide bonds. The van der Waals surface area contributed by atoms with Gasteiger partial charge in [0.05, 0.1) is 112 Å². The van der Waals surface area contributed by atoms with Crippen LogP contribution in [0.15, 0.2) is 0 Å². The Morgan fingerprint density at radius 1 is 0.439 bits per heavy atom. The molecule has 0 unspecified atom stereocenters. The van der Waals surface area contributed by atoms with E-state index in [0.29, 0.717) is 112 Å². The number of rotatable bonds is 35. The Hall–Kier alpha value is -1.42. The highest BCUT2D eigenvalue weighted by molar-refractivity contribution is 5.69. The molecule has 13 heteroatoms. The predicted octanol–water partition coefficient (Wildman–Crippen LogP) is 2.12. The Bertz CT molecular complexity index is 551. The van der Waals surface area contributed by atoms with Crippen molar-refractivity contribution in [2.45, 2.75) is 45.4 Å². The first-order valence-electron chi connectivity index (χ1n) is 14.7. The average Bonchev–Trinajstić information content (AvgIpc) is 2.96. The lowest BCUT2D eigenvalue weighted by atomic mass is 10.1. The van der Waals surface area contributed by atoms with Crippen molar-refractivity contribution in [1.29, 1.82) is 0 Å². The maximum atomic E-state index is 11.6. The summed E-state index contributed by atoms with van der Waals surface area (Å²) >= 11 is 0. The second-order valence-corrected chi connectivity index (χ2v) is 8.73. The minimum Gasteiger partial charge on any atom is -0.480 e. The largest absolute Gasteiger partial charge is 0.480 e. The number of ether oxygens (including phenoxy) is 10. The Labute approximate surface area is 245 Å². The summed E-state index contributed by atoms with van der Waals surface area (Å²) in [5.41, 5.74) is 0. The smallest absolute Gasteiger partial charge is 0.329 e. The molecule has 0 saturated heterocycles. The van der Waals surface area contributed by atoms with E-state index in [1.807, 2.05) is 0 Å². The monoisotopic (exact) mass is 598 g/mol. The maximum absolute atomic E-state index is 11.6. The van der Waals surface area contributed by atoms with E-state index in [2.05, 4.69) is 6.92 Å². The summed E-state index contributed by atoms with van der Waals surface area (Å²) in [7, 11) is 0. The van der Waals surface area contributed by atoms with Gasteiger partial charge in [-0.2, -0.15) is 0 Å². The average molecular weight is 599 g/mol. The lowest BCUT2D eigenvalue weighted by Gasteiger charge is -2.09. The number of esters is 1. The first-order valence-corrected chi connectivity index (χ1v) is 14.7. The van der Waals surface area contributed by atoms with Gasteiger partial charge in [0, 0.05) is 6.42 Å². The zero-order chi connectivity index (χ0) is 29.9. The van der Waals surface area contributed by atoms with E-state index in [9.17, 15) is 9.59 Å². The van der Waals surface area contributed by atoms with Crippen LogP contribution in [0.4, 0.5) is 0 Å². The summed E-state index contributed by atoms with van der Waals surface area (Å²) in [6, 6.07) is 0. The van der Waals surface area contributed by atoms with Gasteiger partial charge in [0.1, 0.15) is 13.2 Å². The Balaban J connectivity index is 3.09. The molecule has 0 aliphatic heterocycles. The molecule has 0 rings (SSSR count). The third-order valence-electron chi connectivity index (χ3n) is 5.18. The summed E-state index contributed by atoms with van der Waals surface area (Å²) < 4.78 is 53.1. The number of carboxylic acid groups (broad SMARTS) is 1. The van der Waals surface area contributed by atoms with E-state index in [0.717, 1.165) is 12.8 Å². The summed E-state index contributed by atoms with van der Waals surface area (Å²) in [6.45, 7) is 9.58. The summed E-state index contributed by atoms with van der Waals surface area (Å²) in [6.07, 6.45) is 6.05. The van der Waals surface area contributed by atoms with Crippen LogP contribution in [0.5, 0.6) is 0 Å². The summed E-state index contributed by atoms with van der Waals surface area (Å²) in [5.74, 6) is -1.15. The number of hydrogen-bond donors (Lipinski definition) is 1. The van der Waals surface area contributed by atoms with Gasteiger partial charge < -0.3 is 52.5 Å². The van der Waals surface area contributed by atoms with Gasteiger partial charge >= 0.3 is 11.9 Å². The molecule has 0 aromatic rings. The zero-order valence-corrected chi connectivity index (χ0v) is 25.0. The number of hydrogen-bond acceptors (Lipinski definition) is 12. The molecule has 0 heterocycles. The lowest BCUT2D eigenvalue weighted by molar-refractivity contribution is -0.145. The second kappa shape index (κ2) is 34.8. The Morgan fingerprint density at radius 2 is 0.756 bits per heavy atom. The second-order valence-electron chi connectivity index (χ2n) is 8.73. The molecule has 0 bridgehead atoms. The molecule has 41 heavy (non-hydrogen) atoms. The van der Waals surface area contributed by atoms with Crippen LogP contribution < -0.4 is 0 Å². The molecule has 0 radical (unpaired) electrons. The van der Waals surface area contributed by atoms with Crippen molar-refractivity contribution in [1.82, 2.24) is 0 Å². The topological polar surface area (TPSA) is 147 Å². The lowest BCUT2D eigenvalue weighted by Crippen LogP contribution is -2.15. The van der Waals surface area contributed by atoms with Crippen LogP contribution in [0.2, 0.25) is 0 Å². The molecular weight excluding hydrogens is 544 g/mol. The zero-order valence-electron chi connectivity index (χ0n) is 25.0. The van der Waals surface area contributed by atoms with Gasteiger partial charge in [-0.3, -0.25) is 4.79 Å². The van der Waals surface area contributed by atoms with E-state index in [1.165, 1.54) is 19.3 Å². The molecule has 13 nitrogen and oxygen atoms in total. The predicted molar refractivity (Wildman–Crippen MR) is 149 cm³/mol. The van der Waals surface area contributed by atoms with Crippen molar-refractivity contribution in [2.24, 2.45) is 0 Å². The molecule has 0 atom stereocenters. The number of carbonyl (C=O) groups excluding carboxylic acids is 1. The van der Waals surface area contributed by atoms with E-state index in [4.69, 9.17) is 52.5 Å². The SMILES string of the molecule is CCCCCCCC(=O)OCCOCCOCCOCCOCCOCCOCCOCCOCCOCC(=O)O. The van der Waals surface area contributed by atoms with Crippen LogP contribution in [-0.4, -0.2) is 143 Å². The van der Waals surface area contributed by atoms with Crippen LogP contribution in [0, 0.1) is 0 Å². The quantitative estimate of drug-likeness (QED) is 0.0840. The van der Waals surface area contributed by atoms with Gasteiger partial charge in [-0.05, 0) is 6.42 Å². The molecule has 244 valence electrons. The summed E-state index contributed by atoms with van der Waals surface area (Å²) in [5, 5.41) is 8.41. The molecular formula is C28H54O13. The third kappa shape index (κ3) is 36.6. The van der Waals surface area contributed by atoms with Gasteiger partial charge in [0.2, 0.25) is 0 Å². The van der Waals surface area contributed by atoms with Crippen molar-refractivity contribution < 1.29 is 62.1 Å². The highest BCUT2D eigenvalue weighted by atomic mass is 16.6. The first-order chi connectivity index (χ1) is 20.2. The normalized spacial score (nSPS) is 11.2. The van der Waals surface area contributed by atoms with Gasteiger partial charge in [-0.15, -0.1) is 0 Å². The first kappa shape index (κ1) is 39.6. The van der Waals surface area contributed by atoms with Gasteiger partial charge in [-0.1, -0.05) is 32.6 Å². The standard InChI is InChI=1S/C28H54O13/c1-2-3-4-5-6-7-28(31)41-25-24-39-21-20-37-17-16-35-13-12-33-9-8-32-10-11-34-14-15-36-18-19-38-22-23-40-26-27(29)30/h2-26H2,1H3,(H,29,30). The van der Waals surface area contributed by atoms with Crippen molar-refractivity contribution >= 4 is 11.9 Å². The molecule has 0 saturated carbocycles. The fraction of sp³-hybridized carbons (Fsp3) is 0.929. The van der Waals surface area contributed by atoms with E-state index >= 15 is 0 Å². The molecule has 0 aliphatic carbocycles.